The van der Waals surface area contributed by atoms with E-state index in [0.29, 0.717) is 18.7 Å². The van der Waals surface area contributed by atoms with E-state index in [4.69, 9.17) is 23.2 Å². The van der Waals surface area contributed by atoms with Gasteiger partial charge in [0, 0.05) is 6.54 Å². The zero-order chi connectivity index (χ0) is 14.0. The van der Waals surface area contributed by atoms with Gasteiger partial charge in [-0.15, -0.1) is 0 Å². The second-order valence-electron chi connectivity index (χ2n) is 4.50. The van der Waals surface area contributed by atoms with Crippen LogP contribution in [0.3, 0.4) is 0 Å². The Hall–Kier alpha value is -0.840. The molecule has 2 rings (SSSR count). The molecule has 1 amide bonds. The Morgan fingerprint density at radius 1 is 1.42 bits per heavy atom. The summed E-state index contributed by atoms with van der Waals surface area (Å²) in [6.07, 6.45) is 1.66. The smallest absolute Gasteiger partial charge is 0.244 e. The molecule has 104 valence electrons. The van der Waals surface area contributed by atoms with E-state index in [2.05, 4.69) is 5.32 Å². The fraction of sp³-hybridized carbons (Fsp3) is 0.462. The minimum atomic E-state index is -0.508. The number of halogens is 3. The van der Waals surface area contributed by atoms with Crippen LogP contribution in [0.15, 0.2) is 12.1 Å². The summed E-state index contributed by atoms with van der Waals surface area (Å²) in [5, 5.41) is 3.50. The summed E-state index contributed by atoms with van der Waals surface area (Å²) in [5.74, 6) is -0.574. The summed E-state index contributed by atoms with van der Waals surface area (Å²) in [4.78, 5) is 13.8. The van der Waals surface area contributed by atoms with Crippen LogP contribution in [0, 0.1) is 5.82 Å². The maximum absolute atomic E-state index is 13.2. The first-order valence-electron chi connectivity index (χ1n) is 6.24. The van der Waals surface area contributed by atoms with E-state index in [1.807, 2.05) is 6.92 Å². The molecule has 1 unspecified atom stereocenters. The van der Waals surface area contributed by atoms with Gasteiger partial charge in [0.15, 0.2) is 0 Å². The minimum Gasteiger partial charge on any atom is -0.308 e. The zero-order valence-electron chi connectivity index (χ0n) is 10.5. The standard InChI is InChI=1S/C13H15Cl2FN2O/c1-2-4-17-11-3-5-18(13(11)19)12-9(14)6-8(16)7-10(12)15/h6-7,11,17H,2-5H2,1H3. The molecular formula is C13H15Cl2FN2O. The van der Waals surface area contributed by atoms with Crippen molar-refractivity contribution in [3.63, 3.8) is 0 Å². The number of nitrogens with zero attached hydrogens (tertiary/aromatic N) is 1. The van der Waals surface area contributed by atoms with E-state index in [0.717, 1.165) is 13.0 Å². The molecule has 0 aromatic heterocycles. The molecule has 1 N–H and O–H groups in total. The average Bonchev–Trinajstić information content (AvgIpc) is 2.68. The number of benzene rings is 1. The zero-order valence-corrected chi connectivity index (χ0v) is 12.1. The molecule has 1 aromatic carbocycles. The van der Waals surface area contributed by atoms with Gasteiger partial charge in [-0.1, -0.05) is 30.1 Å². The molecule has 6 heteroatoms. The van der Waals surface area contributed by atoms with Crippen molar-refractivity contribution in [2.75, 3.05) is 18.0 Å². The van der Waals surface area contributed by atoms with Crippen molar-refractivity contribution in [2.45, 2.75) is 25.8 Å². The lowest BCUT2D eigenvalue weighted by atomic mass is 10.2. The van der Waals surface area contributed by atoms with Crippen molar-refractivity contribution in [1.82, 2.24) is 5.32 Å². The highest BCUT2D eigenvalue weighted by Crippen LogP contribution is 2.36. The van der Waals surface area contributed by atoms with E-state index in [1.54, 1.807) is 0 Å². The Labute approximate surface area is 121 Å². The summed E-state index contributed by atoms with van der Waals surface area (Å²) >= 11 is 12.0. The van der Waals surface area contributed by atoms with Crippen LogP contribution < -0.4 is 10.2 Å². The monoisotopic (exact) mass is 304 g/mol. The quantitative estimate of drug-likeness (QED) is 0.926. The Balaban J connectivity index is 2.22. The molecule has 1 aliphatic rings. The van der Waals surface area contributed by atoms with E-state index in [1.165, 1.54) is 17.0 Å². The van der Waals surface area contributed by atoms with Crippen molar-refractivity contribution in [1.29, 1.82) is 0 Å². The van der Waals surface area contributed by atoms with Crippen LogP contribution >= 0.6 is 23.2 Å². The molecule has 19 heavy (non-hydrogen) atoms. The van der Waals surface area contributed by atoms with Crippen LogP contribution in [-0.2, 0) is 4.79 Å². The normalized spacial score (nSPS) is 19.3. The fourth-order valence-corrected chi connectivity index (χ4v) is 2.87. The van der Waals surface area contributed by atoms with Crippen molar-refractivity contribution in [2.24, 2.45) is 0 Å². The number of anilines is 1. The average molecular weight is 305 g/mol. The molecule has 1 fully saturated rings. The first-order chi connectivity index (χ1) is 9.04. The molecule has 1 saturated heterocycles. The molecule has 3 nitrogen and oxygen atoms in total. The molecule has 1 aromatic rings. The van der Waals surface area contributed by atoms with Crippen LogP contribution in [0.5, 0.6) is 0 Å². The maximum Gasteiger partial charge on any atom is 0.244 e. The van der Waals surface area contributed by atoms with Crippen molar-refractivity contribution in [3.8, 4) is 0 Å². The van der Waals surface area contributed by atoms with Gasteiger partial charge in [-0.25, -0.2) is 4.39 Å². The van der Waals surface area contributed by atoms with Crippen LogP contribution in [0.25, 0.3) is 0 Å². The lowest BCUT2D eigenvalue weighted by molar-refractivity contribution is -0.118. The second-order valence-corrected chi connectivity index (χ2v) is 5.32. The number of carbonyl (C=O) groups excluding carboxylic acids is 1. The van der Waals surface area contributed by atoms with Gasteiger partial charge < -0.3 is 10.2 Å². The van der Waals surface area contributed by atoms with Crippen molar-refractivity contribution in [3.05, 3.63) is 28.0 Å². The number of rotatable bonds is 4. The number of amides is 1. The van der Waals surface area contributed by atoms with Gasteiger partial charge in [-0.05, 0) is 31.5 Å². The van der Waals surface area contributed by atoms with Gasteiger partial charge in [0.1, 0.15) is 5.82 Å². The van der Waals surface area contributed by atoms with Gasteiger partial charge in [0.25, 0.3) is 0 Å². The largest absolute Gasteiger partial charge is 0.308 e. The predicted molar refractivity (Wildman–Crippen MR) is 75.5 cm³/mol. The molecule has 0 aliphatic carbocycles. The Kier molecular flexibility index (Phi) is 4.66. The number of hydrogen-bond acceptors (Lipinski definition) is 2. The van der Waals surface area contributed by atoms with Crippen LogP contribution in [-0.4, -0.2) is 25.0 Å². The molecule has 0 saturated carbocycles. The predicted octanol–water partition coefficient (Wildman–Crippen LogP) is 3.24. The number of carbonyl (C=O) groups is 1. The third kappa shape index (κ3) is 3.02. The summed E-state index contributed by atoms with van der Waals surface area (Å²) in [5.41, 5.74) is 0.399. The second kappa shape index (κ2) is 6.07. The first kappa shape index (κ1) is 14.6. The number of nitrogens with one attached hydrogen (secondary N) is 1. The molecule has 0 spiro atoms. The molecule has 0 radical (unpaired) electrons. The van der Waals surface area contributed by atoms with E-state index >= 15 is 0 Å². The minimum absolute atomic E-state index is 0.0659. The summed E-state index contributed by atoms with van der Waals surface area (Å²) in [7, 11) is 0. The third-order valence-corrected chi connectivity index (χ3v) is 3.67. The van der Waals surface area contributed by atoms with Gasteiger partial charge in [-0.3, -0.25) is 4.79 Å². The third-order valence-electron chi connectivity index (χ3n) is 3.10. The van der Waals surface area contributed by atoms with E-state index in [9.17, 15) is 9.18 Å². The van der Waals surface area contributed by atoms with Crippen molar-refractivity contribution < 1.29 is 9.18 Å². The van der Waals surface area contributed by atoms with Gasteiger partial charge in [-0.2, -0.15) is 0 Å². The van der Waals surface area contributed by atoms with Gasteiger partial charge in [0.2, 0.25) is 5.91 Å². The summed E-state index contributed by atoms with van der Waals surface area (Å²) < 4.78 is 13.2. The SMILES string of the molecule is CCCNC1CCN(c2c(Cl)cc(F)cc2Cl)C1=O. The van der Waals surface area contributed by atoms with E-state index in [-0.39, 0.29) is 22.0 Å². The highest BCUT2D eigenvalue weighted by atomic mass is 35.5. The molecule has 0 bridgehead atoms. The summed E-state index contributed by atoms with van der Waals surface area (Å²) in [6.45, 7) is 3.36. The van der Waals surface area contributed by atoms with Crippen molar-refractivity contribution >= 4 is 34.8 Å². The highest BCUT2D eigenvalue weighted by molar-refractivity contribution is 6.40. The lowest BCUT2D eigenvalue weighted by Crippen LogP contribution is -2.38. The lowest BCUT2D eigenvalue weighted by Gasteiger charge is -2.20. The van der Waals surface area contributed by atoms with Crippen LogP contribution in [0.2, 0.25) is 10.0 Å². The van der Waals surface area contributed by atoms with Crippen LogP contribution in [0.4, 0.5) is 10.1 Å². The Bertz CT molecular complexity index is 473. The molecular weight excluding hydrogens is 290 g/mol. The molecule has 1 atom stereocenters. The maximum atomic E-state index is 13.2. The number of hydrogen-bond donors (Lipinski definition) is 1. The van der Waals surface area contributed by atoms with Crippen LogP contribution in [0.1, 0.15) is 19.8 Å². The van der Waals surface area contributed by atoms with Gasteiger partial charge in [0.05, 0.1) is 21.8 Å². The highest BCUT2D eigenvalue weighted by Gasteiger charge is 2.34. The molecule has 1 aliphatic heterocycles. The Morgan fingerprint density at radius 3 is 2.63 bits per heavy atom. The first-order valence-corrected chi connectivity index (χ1v) is 6.99. The fourth-order valence-electron chi connectivity index (χ4n) is 2.20. The topological polar surface area (TPSA) is 32.3 Å². The van der Waals surface area contributed by atoms with E-state index < -0.39 is 5.82 Å². The summed E-state index contributed by atoms with van der Waals surface area (Å²) in [6, 6.07) is 2.13. The molecule has 1 heterocycles. The Morgan fingerprint density at radius 2 is 2.05 bits per heavy atom. The van der Waals surface area contributed by atoms with Gasteiger partial charge >= 0.3 is 0 Å².